The van der Waals surface area contributed by atoms with Crippen LogP contribution >= 0.6 is 22.9 Å². The second-order valence-electron chi connectivity index (χ2n) is 5.17. The Bertz CT molecular complexity index is 937. The number of rotatable bonds is 3. The van der Waals surface area contributed by atoms with Gasteiger partial charge in [-0.15, -0.1) is 11.3 Å². The molecule has 1 aromatic carbocycles. The van der Waals surface area contributed by atoms with Crippen LogP contribution in [0.1, 0.15) is 20.8 Å². The Morgan fingerprint density at radius 2 is 1.96 bits per heavy atom. The Morgan fingerprint density at radius 3 is 2.65 bits per heavy atom. The van der Waals surface area contributed by atoms with E-state index >= 15 is 0 Å². The number of carbonyl (C=O) groups excluding carboxylic acids is 1. The van der Waals surface area contributed by atoms with E-state index in [0.717, 1.165) is 22.5 Å². The van der Waals surface area contributed by atoms with Gasteiger partial charge in [-0.1, -0.05) is 11.6 Å². The summed E-state index contributed by atoms with van der Waals surface area (Å²) in [6.07, 6.45) is 1.59. The molecule has 2 aromatic heterocycles. The summed E-state index contributed by atoms with van der Waals surface area (Å²) in [6.45, 7) is 3.95. The van der Waals surface area contributed by atoms with Gasteiger partial charge in [0.25, 0.3) is 5.91 Å². The number of hydrogen-bond donors (Lipinski definition) is 2. The highest BCUT2D eigenvalue weighted by Crippen LogP contribution is 2.41. The Labute approximate surface area is 141 Å². The molecule has 0 spiro atoms. The lowest BCUT2D eigenvalue weighted by atomic mass is 10.1. The molecule has 0 aliphatic heterocycles. The summed E-state index contributed by atoms with van der Waals surface area (Å²) in [5.41, 5.74) is 13.8. The van der Waals surface area contributed by atoms with Gasteiger partial charge in [0.05, 0.1) is 16.1 Å². The molecular weight excluding hydrogens is 334 g/mol. The molecule has 1 amide bonds. The predicted molar refractivity (Wildman–Crippen MR) is 93.6 cm³/mol. The zero-order valence-electron chi connectivity index (χ0n) is 12.5. The molecule has 2 heterocycles. The largest absolute Gasteiger partial charge is 0.455 e. The molecule has 3 rings (SSSR count). The number of amides is 1. The zero-order valence-corrected chi connectivity index (χ0v) is 14.1. The number of nitrogens with zero attached hydrogens (tertiary/aromatic N) is 1. The van der Waals surface area contributed by atoms with Gasteiger partial charge in [0.15, 0.2) is 0 Å². The van der Waals surface area contributed by atoms with Crippen LogP contribution < -0.4 is 16.2 Å². The van der Waals surface area contributed by atoms with Crippen molar-refractivity contribution in [2.24, 2.45) is 5.73 Å². The number of benzene rings is 1. The monoisotopic (exact) mass is 347 g/mol. The van der Waals surface area contributed by atoms with E-state index in [1.54, 1.807) is 12.3 Å². The SMILES string of the molecule is Cc1cc(Cl)c(Oc2ccnc3sc(C(N)=O)c(N)c23)cc1C. The molecule has 7 heteroatoms. The van der Waals surface area contributed by atoms with Gasteiger partial charge in [-0.25, -0.2) is 4.98 Å². The minimum atomic E-state index is -0.583. The van der Waals surface area contributed by atoms with E-state index in [9.17, 15) is 4.79 Å². The molecule has 118 valence electrons. The van der Waals surface area contributed by atoms with Crippen LogP contribution in [0.3, 0.4) is 0 Å². The van der Waals surface area contributed by atoms with Crippen LogP contribution in [0.25, 0.3) is 10.2 Å². The highest BCUT2D eigenvalue weighted by Gasteiger charge is 2.19. The van der Waals surface area contributed by atoms with Gasteiger partial charge in [-0.3, -0.25) is 4.79 Å². The fourth-order valence-corrected chi connectivity index (χ4v) is 3.42. The van der Waals surface area contributed by atoms with Gasteiger partial charge in [0, 0.05) is 6.20 Å². The van der Waals surface area contributed by atoms with Gasteiger partial charge in [-0.2, -0.15) is 0 Å². The van der Waals surface area contributed by atoms with Crippen molar-refractivity contribution in [3.63, 3.8) is 0 Å². The molecule has 0 aliphatic carbocycles. The summed E-state index contributed by atoms with van der Waals surface area (Å²) < 4.78 is 5.93. The van der Waals surface area contributed by atoms with Crippen LogP contribution in [0.15, 0.2) is 24.4 Å². The van der Waals surface area contributed by atoms with Crippen molar-refractivity contribution >= 4 is 44.7 Å². The third-order valence-corrected chi connectivity index (χ3v) is 5.01. The van der Waals surface area contributed by atoms with Crippen molar-refractivity contribution in [3.8, 4) is 11.5 Å². The standard InChI is InChI=1S/C16H14ClN3O2S/c1-7-5-9(17)11(6-8(7)2)22-10-3-4-20-16-12(10)13(18)14(23-16)15(19)21/h3-6H,18H2,1-2H3,(H2,19,21). The molecule has 4 N–H and O–H groups in total. The first-order valence-electron chi connectivity index (χ1n) is 6.80. The normalized spacial score (nSPS) is 10.9. The number of halogens is 1. The molecule has 0 saturated carbocycles. The van der Waals surface area contributed by atoms with E-state index in [4.69, 9.17) is 27.8 Å². The first-order valence-corrected chi connectivity index (χ1v) is 7.99. The number of aryl methyl sites for hydroxylation is 2. The van der Waals surface area contributed by atoms with Gasteiger partial charge in [0.2, 0.25) is 0 Å². The third kappa shape index (κ3) is 2.71. The lowest BCUT2D eigenvalue weighted by molar-refractivity contribution is 0.100. The molecule has 0 atom stereocenters. The minimum Gasteiger partial charge on any atom is -0.455 e. The summed E-state index contributed by atoms with van der Waals surface area (Å²) in [6, 6.07) is 5.39. The lowest BCUT2D eigenvalue weighted by Gasteiger charge is -2.11. The van der Waals surface area contributed by atoms with Gasteiger partial charge < -0.3 is 16.2 Å². The second kappa shape index (κ2) is 5.72. The molecular formula is C16H14ClN3O2S. The van der Waals surface area contributed by atoms with Gasteiger partial charge >= 0.3 is 0 Å². The average molecular weight is 348 g/mol. The average Bonchev–Trinajstić information content (AvgIpc) is 2.83. The Balaban J connectivity index is 2.14. The number of hydrogen-bond acceptors (Lipinski definition) is 5. The van der Waals surface area contributed by atoms with Crippen LogP contribution in [0.2, 0.25) is 5.02 Å². The number of thiophene rings is 1. The second-order valence-corrected chi connectivity index (χ2v) is 6.57. The van der Waals surface area contributed by atoms with Crippen molar-refractivity contribution in [2.45, 2.75) is 13.8 Å². The quantitative estimate of drug-likeness (QED) is 0.748. The van der Waals surface area contributed by atoms with E-state index in [1.807, 2.05) is 26.0 Å². The summed E-state index contributed by atoms with van der Waals surface area (Å²) in [5, 5.41) is 1.07. The van der Waals surface area contributed by atoms with Crippen molar-refractivity contribution < 1.29 is 9.53 Å². The molecule has 3 aromatic rings. The fraction of sp³-hybridized carbons (Fsp3) is 0.125. The molecule has 0 bridgehead atoms. The van der Waals surface area contributed by atoms with Crippen molar-refractivity contribution in [2.75, 3.05) is 5.73 Å². The predicted octanol–water partition coefficient (Wildman–Crippen LogP) is 4.04. The van der Waals surface area contributed by atoms with Crippen molar-refractivity contribution in [1.82, 2.24) is 4.98 Å². The first-order chi connectivity index (χ1) is 10.9. The number of pyridine rings is 1. The van der Waals surface area contributed by atoms with Crippen LogP contribution in [0.4, 0.5) is 5.69 Å². The summed E-state index contributed by atoms with van der Waals surface area (Å²) in [4.78, 5) is 16.5. The molecule has 0 unspecified atom stereocenters. The van der Waals surface area contributed by atoms with E-state index in [1.165, 1.54) is 0 Å². The lowest BCUT2D eigenvalue weighted by Crippen LogP contribution is -2.10. The number of aromatic nitrogens is 1. The molecule has 0 aliphatic rings. The third-order valence-electron chi connectivity index (χ3n) is 3.58. The van der Waals surface area contributed by atoms with E-state index < -0.39 is 5.91 Å². The highest BCUT2D eigenvalue weighted by atomic mass is 35.5. The highest BCUT2D eigenvalue weighted by molar-refractivity contribution is 7.21. The molecule has 5 nitrogen and oxygen atoms in total. The van der Waals surface area contributed by atoms with Crippen LogP contribution in [-0.4, -0.2) is 10.9 Å². The van der Waals surface area contributed by atoms with Gasteiger partial charge in [0.1, 0.15) is 21.2 Å². The van der Waals surface area contributed by atoms with E-state index in [0.29, 0.717) is 26.7 Å². The summed E-state index contributed by atoms with van der Waals surface area (Å²) in [5.74, 6) is 0.426. The van der Waals surface area contributed by atoms with Crippen LogP contribution in [0, 0.1) is 13.8 Å². The van der Waals surface area contributed by atoms with Crippen molar-refractivity contribution in [3.05, 3.63) is 45.4 Å². The van der Waals surface area contributed by atoms with Crippen molar-refractivity contribution in [1.29, 1.82) is 0 Å². The smallest absolute Gasteiger partial charge is 0.260 e. The van der Waals surface area contributed by atoms with Crippen LogP contribution in [0.5, 0.6) is 11.5 Å². The fourth-order valence-electron chi connectivity index (χ4n) is 2.24. The minimum absolute atomic E-state index is 0.273. The molecule has 23 heavy (non-hydrogen) atoms. The number of anilines is 1. The Morgan fingerprint density at radius 1 is 1.26 bits per heavy atom. The van der Waals surface area contributed by atoms with E-state index in [-0.39, 0.29) is 10.6 Å². The number of primary amides is 1. The number of carbonyl (C=O) groups is 1. The maximum Gasteiger partial charge on any atom is 0.260 e. The molecule has 0 radical (unpaired) electrons. The zero-order chi connectivity index (χ0) is 16.7. The van der Waals surface area contributed by atoms with Crippen LogP contribution in [-0.2, 0) is 0 Å². The van der Waals surface area contributed by atoms with Gasteiger partial charge in [-0.05, 0) is 43.2 Å². The molecule has 0 saturated heterocycles. The van der Waals surface area contributed by atoms with E-state index in [2.05, 4.69) is 4.98 Å². The molecule has 0 fully saturated rings. The topological polar surface area (TPSA) is 91.2 Å². The maximum atomic E-state index is 11.5. The number of ether oxygens (including phenoxy) is 1. The Kier molecular flexibility index (Phi) is 3.87. The number of fused-ring (bicyclic) bond motifs is 1. The number of nitrogen functional groups attached to an aromatic ring is 1. The number of nitrogens with two attached hydrogens (primary N) is 2. The first kappa shape index (κ1) is 15.6. The Hall–Kier alpha value is -2.31. The summed E-state index contributed by atoms with van der Waals surface area (Å²) in [7, 11) is 0. The summed E-state index contributed by atoms with van der Waals surface area (Å²) >= 11 is 7.40. The maximum absolute atomic E-state index is 11.5.